The lowest BCUT2D eigenvalue weighted by atomic mass is 9.61. The topological polar surface area (TPSA) is 194 Å². The summed E-state index contributed by atoms with van der Waals surface area (Å²) in [4.78, 5) is 57.1. The third kappa shape index (κ3) is 7.36. The fourth-order valence-corrected chi connectivity index (χ4v) is 15.7. The van der Waals surface area contributed by atoms with Gasteiger partial charge in [-0.15, -0.1) is 0 Å². The molecule has 64 heavy (non-hydrogen) atoms. The van der Waals surface area contributed by atoms with Crippen molar-refractivity contribution in [1.82, 2.24) is 15.5 Å². The van der Waals surface area contributed by atoms with Gasteiger partial charge in [0.15, 0.2) is 11.2 Å². The van der Waals surface area contributed by atoms with Gasteiger partial charge in [-0.25, -0.2) is 9.59 Å². The average Bonchev–Trinajstić information content (AvgIpc) is 3.65. The van der Waals surface area contributed by atoms with Crippen LogP contribution in [0.5, 0.6) is 5.75 Å². The summed E-state index contributed by atoms with van der Waals surface area (Å²) in [5, 5.41) is 28.1. The number of carbonyl (C=O) groups is 3. The summed E-state index contributed by atoms with van der Waals surface area (Å²) < 4.78 is 20.3. The number of ether oxygens (including phenoxy) is 2. The monoisotopic (exact) mass is 914 g/mol. The molecule has 9 rings (SSSR count). The number of hydrogen-bond donors (Lipinski definition) is 5. The fourth-order valence-electron chi connectivity index (χ4n) is 12.6. The Balaban J connectivity index is 1.18. The second-order valence-corrected chi connectivity index (χ2v) is 22.0. The van der Waals surface area contributed by atoms with Gasteiger partial charge in [0.25, 0.3) is 0 Å². The van der Waals surface area contributed by atoms with E-state index >= 15 is 0 Å². The number of aliphatic hydroxyl groups is 2. The molecule has 1 spiro atoms. The molecule has 0 bridgehead atoms. The quantitative estimate of drug-likeness (QED) is 0.0539. The molecule has 0 radical (unpaired) electrons. The molecule has 6 N–H and O–H groups in total. The Bertz CT molecular complexity index is 2400. The Labute approximate surface area is 382 Å². The van der Waals surface area contributed by atoms with Crippen molar-refractivity contribution in [2.24, 2.45) is 29.4 Å². The first-order valence-electron chi connectivity index (χ1n) is 23.0. The van der Waals surface area contributed by atoms with Gasteiger partial charge in [0.2, 0.25) is 5.91 Å². The van der Waals surface area contributed by atoms with Crippen molar-refractivity contribution >= 4 is 50.7 Å². The lowest BCUT2D eigenvalue weighted by Crippen LogP contribution is -2.71. The number of benzene rings is 1. The molecule has 0 unspecified atom stereocenters. The van der Waals surface area contributed by atoms with E-state index in [4.69, 9.17) is 19.6 Å². The Morgan fingerprint density at radius 2 is 1.98 bits per heavy atom. The maximum Gasteiger partial charge on any atom is 0.340 e. The lowest BCUT2D eigenvalue weighted by molar-refractivity contribution is -0.186. The van der Waals surface area contributed by atoms with Crippen molar-refractivity contribution in [2.45, 2.75) is 119 Å². The highest BCUT2D eigenvalue weighted by Gasteiger charge is 2.64. The Morgan fingerprint density at radius 3 is 2.70 bits per heavy atom. The van der Waals surface area contributed by atoms with Crippen molar-refractivity contribution in [2.75, 3.05) is 39.1 Å². The molecule has 1 aromatic heterocycles. The third-order valence-corrected chi connectivity index (χ3v) is 19.0. The number of nitrogens with one attached hydrogen (secondary N) is 2. The van der Waals surface area contributed by atoms with Crippen LogP contribution >= 0.6 is 21.6 Å². The highest BCUT2D eigenvalue weighted by molar-refractivity contribution is 8.77. The number of fused-ring (bicyclic) bond motifs is 5. The first kappa shape index (κ1) is 45.1. The van der Waals surface area contributed by atoms with Crippen LogP contribution in [0.1, 0.15) is 89.7 Å². The van der Waals surface area contributed by atoms with Crippen LogP contribution < -0.4 is 26.7 Å². The van der Waals surface area contributed by atoms with E-state index in [0.717, 1.165) is 53.2 Å². The Hall–Kier alpha value is -4.02. The molecule has 4 aliphatic heterocycles. The maximum atomic E-state index is 14.6. The van der Waals surface area contributed by atoms with Gasteiger partial charge in [-0.3, -0.25) is 4.79 Å². The van der Waals surface area contributed by atoms with Crippen LogP contribution in [0.4, 0.5) is 0 Å². The van der Waals surface area contributed by atoms with Crippen LogP contribution in [0.15, 0.2) is 73.8 Å². The van der Waals surface area contributed by atoms with Gasteiger partial charge in [-0.1, -0.05) is 58.6 Å². The molecule has 2 aromatic rings. The molecular formula is C49H62N4O9S2. The molecule has 1 aromatic carbocycles. The average molecular weight is 915 g/mol. The molecule has 1 amide bonds. The molecule has 15 heteroatoms. The zero-order valence-electron chi connectivity index (χ0n) is 37.3. The van der Waals surface area contributed by atoms with E-state index in [2.05, 4.69) is 16.7 Å². The van der Waals surface area contributed by atoms with Crippen LogP contribution in [0.2, 0.25) is 0 Å². The standard InChI is InChI=1S/C49H62N4O9S2/c1-5-27(2)45(58)62-47(3)13-9-28-26-63-64-39-17-32(24-55)43(51-4)35-23-53(44(35)39)41(57)18-31-22-52-40(50)19-34(31)42(28)49(47)21-30-15-29-16-36(46(59)60-37(29)20-38(30)61-49)48(11-7-6-8-12-48)33(25-56)10-14-54/h5,9,15-16,19-20,24,32-33,35,39,42-44,51-52,54,56H,6-8,10-14,17-18,21-23,25-26,50H2,1-4H3/b27-5+/t32-,33-,35+,39+,42+,43+,44+,47+,49+/m0/s1. The molecule has 344 valence electrons. The van der Waals surface area contributed by atoms with Gasteiger partial charge in [0.05, 0.1) is 24.2 Å². The minimum absolute atomic E-state index is 0.0129. The van der Waals surface area contributed by atoms with E-state index in [1.807, 2.05) is 37.1 Å². The summed E-state index contributed by atoms with van der Waals surface area (Å²) in [6, 6.07) is 5.76. The van der Waals surface area contributed by atoms with E-state index in [1.165, 1.54) is 0 Å². The second kappa shape index (κ2) is 17.7. The van der Waals surface area contributed by atoms with E-state index in [9.17, 15) is 29.4 Å². The van der Waals surface area contributed by atoms with Crippen LogP contribution in [0, 0.1) is 23.7 Å². The summed E-state index contributed by atoms with van der Waals surface area (Å²) in [7, 11) is 5.38. The van der Waals surface area contributed by atoms with Crippen LogP contribution in [0.3, 0.4) is 0 Å². The summed E-state index contributed by atoms with van der Waals surface area (Å²) in [6.07, 6.45) is 13.1. The summed E-state index contributed by atoms with van der Waals surface area (Å²) >= 11 is 0. The zero-order chi connectivity index (χ0) is 45.1. The first-order chi connectivity index (χ1) is 30.8. The number of amides is 1. The normalized spacial score (nSPS) is 32.8. The van der Waals surface area contributed by atoms with Crippen LogP contribution in [0.25, 0.3) is 11.0 Å². The third-order valence-electron chi connectivity index (χ3n) is 16.1. The number of rotatable bonds is 9. The lowest BCUT2D eigenvalue weighted by Gasteiger charge is -2.58. The highest BCUT2D eigenvalue weighted by Crippen LogP contribution is 2.58. The molecule has 1 saturated heterocycles. The number of aldehydes is 1. The minimum Gasteiger partial charge on any atom is -0.481 e. The van der Waals surface area contributed by atoms with Gasteiger partial charge in [-0.2, -0.15) is 0 Å². The number of dihydropyridines is 1. The fraction of sp³-hybridized carbons (Fsp3) is 0.592. The van der Waals surface area contributed by atoms with Crippen LogP contribution in [-0.2, 0) is 31.0 Å². The highest BCUT2D eigenvalue weighted by atomic mass is 33.1. The molecule has 13 nitrogen and oxygen atoms in total. The largest absolute Gasteiger partial charge is 0.481 e. The van der Waals surface area contributed by atoms with E-state index in [1.54, 1.807) is 47.6 Å². The number of nitrogens with two attached hydrogens (primary N) is 1. The Kier molecular flexibility index (Phi) is 12.5. The van der Waals surface area contributed by atoms with Gasteiger partial charge in [0.1, 0.15) is 17.6 Å². The molecule has 9 atom stereocenters. The zero-order valence-corrected chi connectivity index (χ0v) is 38.9. The van der Waals surface area contributed by atoms with Crippen LogP contribution in [-0.4, -0.2) is 101 Å². The summed E-state index contributed by atoms with van der Waals surface area (Å²) in [5.41, 5.74) is 8.12. The van der Waals surface area contributed by atoms with E-state index in [0.29, 0.717) is 85.7 Å². The van der Waals surface area contributed by atoms with E-state index in [-0.39, 0.29) is 60.6 Å². The number of carbonyl (C=O) groups excluding carboxylic acids is 3. The summed E-state index contributed by atoms with van der Waals surface area (Å²) in [6.45, 7) is 6.18. The van der Waals surface area contributed by atoms with Gasteiger partial charge in [-0.05, 0) is 94.3 Å². The van der Waals surface area contributed by atoms with Gasteiger partial charge >= 0.3 is 11.6 Å². The van der Waals surface area contributed by atoms with Crippen molar-refractivity contribution in [1.29, 1.82) is 0 Å². The van der Waals surface area contributed by atoms with Crippen molar-refractivity contribution in [3.8, 4) is 5.75 Å². The number of hydrogen-bond acceptors (Lipinski definition) is 14. The predicted molar refractivity (Wildman–Crippen MR) is 248 cm³/mol. The number of allylic oxidation sites excluding steroid dienone is 2. The summed E-state index contributed by atoms with van der Waals surface area (Å²) in [5.74, 6) is 0.376. The molecule has 3 fully saturated rings. The van der Waals surface area contributed by atoms with Gasteiger partial charge in [0, 0.05) is 96.0 Å². The maximum absolute atomic E-state index is 14.6. The molecule has 5 heterocycles. The molecular weight excluding hydrogens is 853 g/mol. The minimum atomic E-state index is -1.23. The van der Waals surface area contributed by atoms with E-state index < -0.39 is 34.1 Å². The first-order valence-corrected chi connectivity index (χ1v) is 25.4. The number of aliphatic hydroxyl groups excluding tert-OH is 2. The smallest absolute Gasteiger partial charge is 0.340 e. The predicted octanol–water partition coefficient (Wildman–Crippen LogP) is 5.36. The number of nitrogens with zero attached hydrogens (tertiary/aromatic N) is 1. The molecule has 3 aliphatic carbocycles. The van der Waals surface area contributed by atoms with Crippen molar-refractivity contribution in [3.05, 3.63) is 86.1 Å². The SMILES string of the molecule is C/C=C(\C)C(=O)O[C@]1(C)CC=C2CSS[C@@H]3C[C@@H](C=O)[C@@H](NC)[C@H]4CN(C(=O)CC5=C(C=C(N)NC5)[C@@H]2[C@]12Cc1cc5cc(C6([C@H](CO)CCO)CCCCC6)c(=O)oc5cc1O2)[C@H]43. The van der Waals surface area contributed by atoms with Crippen molar-refractivity contribution < 1.29 is 38.5 Å². The molecule has 7 aliphatic rings. The Morgan fingerprint density at radius 1 is 1.19 bits per heavy atom. The number of esters is 1. The molecule has 2 saturated carbocycles. The van der Waals surface area contributed by atoms with Crippen molar-refractivity contribution in [3.63, 3.8) is 0 Å². The van der Waals surface area contributed by atoms with Gasteiger partial charge < -0.3 is 50.2 Å². The second-order valence-electron chi connectivity index (χ2n) is 19.4.